The predicted octanol–water partition coefficient (Wildman–Crippen LogP) is 6.38. The Morgan fingerprint density at radius 2 is 1.59 bits per heavy atom. The number of allylic oxidation sites excluding steroid dienone is 1. The van der Waals surface area contributed by atoms with Crippen molar-refractivity contribution in [1.82, 2.24) is 15.2 Å². The zero-order valence-corrected chi connectivity index (χ0v) is 22.5. The summed E-state index contributed by atoms with van der Waals surface area (Å²) in [5.41, 5.74) is 7.88. The van der Waals surface area contributed by atoms with Crippen LogP contribution in [0.4, 0.5) is 0 Å². The quantitative estimate of drug-likeness (QED) is 0.113. The van der Waals surface area contributed by atoms with E-state index in [1.54, 1.807) is 17.0 Å². The highest BCUT2D eigenvalue weighted by molar-refractivity contribution is 5.89. The Morgan fingerprint density at radius 3 is 2.34 bits per heavy atom. The fourth-order valence-corrected chi connectivity index (χ4v) is 4.19. The zero-order chi connectivity index (χ0) is 28.3. The lowest BCUT2D eigenvalue weighted by Crippen LogP contribution is -2.24. The van der Waals surface area contributed by atoms with Gasteiger partial charge in [0.25, 0.3) is 5.91 Å². The molecule has 204 valence electrons. The number of para-hydroxylation sites is 2. The van der Waals surface area contributed by atoms with Crippen molar-refractivity contribution in [1.29, 1.82) is 0 Å². The number of amides is 1. The molecule has 0 unspecified atom stereocenters. The summed E-state index contributed by atoms with van der Waals surface area (Å²) in [5, 5.41) is 9.00. The van der Waals surface area contributed by atoms with E-state index in [0.29, 0.717) is 18.8 Å². The minimum atomic E-state index is -0.369. The van der Waals surface area contributed by atoms with E-state index in [9.17, 15) is 4.79 Å². The summed E-state index contributed by atoms with van der Waals surface area (Å²) in [4.78, 5) is 12.5. The minimum Gasteiger partial charge on any atom is -0.489 e. The van der Waals surface area contributed by atoms with E-state index >= 15 is 0 Å². The van der Waals surface area contributed by atoms with Crippen LogP contribution in [0.25, 0.3) is 16.9 Å². The Morgan fingerprint density at radius 1 is 0.878 bits per heavy atom. The first-order chi connectivity index (χ1) is 20.2. The zero-order valence-electron chi connectivity index (χ0n) is 22.5. The highest BCUT2D eigenvalue weighted by atomic mass is 16.5. The third kappa shape index (κ3) is 7.36. The largest absolute Gasteiger partial charge is 0.489 e. The summed E-state index contributed by atoms with van der Waals surface area (Å²) in [6.45, 7) is 4.10. The van der Waals surface area contributed by atoms with E-state index in [1.807, 2.05) is 115 Å². The summed E-state index contributed by atoms with van der Waals surface area (Å²) < 4.78 is 13.4. The number of ether oxygens (including phenoxy) is 2. The number of carbonyl (C=O) groups excluding carboxylic acids is 1. The first kappa shape index (κ1) is 27.1. The minimum absolute atomic E-state index is 0.161. The molecule has 7 nitrogen and oxygen atoms in total. The molecule has 4 aromatic carbocycles. The van der Waals surface area contributed by atoms with E-state index in [1.165, 1.54) is 0 Å². The normalized spacial score (nSPS) is 10.8. The number of nitrogens with zero attached hydrogens (tertiary/aromatic N) is 3. The van der Waals surface area contributed by atoms with E-state index in [0.717, 1.165) is 39.4 Å². The summed E-state index contributed by atoms with van der Waals surface area (Å²) in [6, 6.07) is 35.2. The van der Waals surface area contributed by atoms with Gasteiger partial charge in [-0.05, 0) is 60.0 Å². The number of carbonyl (C=O) groups is 1. The molecule has 1 amide bonds. The molecular weight excluding hydrogens is 512 g/mol. The van der Waals surface area contributed by atoms with Gasteiger partial charge in [-0.3, -0.25) is 4.79 Å². The first-order valence-electron chi connectivity index (χ1n) is 13.3. The van der Waals surface area contributed by atoms with Crippen LogP contribution in [0, 0.1) is 0 Å². The number of hydrogen-bond donors (Lipinski definition) is 1. The fourth-order valence-electron chi connectivity index (χ4n) is 4.19. The highest BCUT2D eigenvalue weighted by Crippen LogP contribution is 2.25. The van der Waals surface area contributed by atoms with Gasteiger partial charge < -0.3 is 9.47 Å². The Hall–Kier alpha value is -5.43. The van der Waals surface area contributed by atoms with Gasteiger partial charge >= 0.3 is 0 Å². The average molecular weight is 543 g/mol. The Bertz CT molecular complexity index is 1610. The van der Waals surface area contributed by atoms with Crippen molar-refractivity contribution in [2.75, 3.05) is 6.61 Å². The van der Waals surface area contributed by atoms with Gasteiger partial charge in [0, 0.05) is 17.3 Å². The number of benzene rings is 4. The molecule has 1 heterocycles. The average Bonchev–Trinajstić information content (AvgIpc) is 3.45. The maximum Gasteiger partial charge on any atom is 0.277 e. The summed E-state index contributed by atoms with van der Waals surface area (Å²) in [6.07, 6.45) is 5.92. The number of nitrogens with one attached hydrogen (secondary N) is 1. The molecule has 0 atom stereocenters. The molecule has 0 aliphatic carbocycles. The monoisotopic (exact) mass is 542 g/mol. The first-order valence-corrected chi connectivity index (χ1v) is 13.3. The lowest BCUT2D eigenvalue weighted by Gasteiger charge is -2.09. The van der Waals surface area contributed by atoms with Gasteiger partial charge in [0.2, 0.25) is 0 Å². The smallest absolute Gasteiger partial charge is 0.277 e. The molecule has 0 bridgehead atoms. The van der Waals surface area contributed by atoms with Crippen molar-refractivity contribution in [2.45, 2.75) is 13.0 Å². The molecule has 41 heavy (non-hydrogen) atoms. The van der Waals surface area contributed by atoms with Crippen LogP contribution in [0.1, 0.15) is 16.7 Å². The Labute approximate surface area is 239 Å². The maximum absolute atomic E-state index is 12.5. The second kappa shape index (κ2) is 13.6. The van der Waals surface area contributed by atoms with Gasteiger partial charge in [-0.25, -0.2) is 10.1 Å². The lowest BCUT2D eigenvalue weighted by atomic mass is 10.1. The van der Waals surface area contributed by atoms with Gasteiger partial charge in [0.1, 0.15) is 23.8 Å². The van der Waals surface area contributed by atoms with Crippen LogP contribution in [0.15, 0.2) is 133 Å². The second-order valence-corrected chi connectivity index (χ2v) is 9.19. The van der Waals surface area contributed by atoms with Crippen molar-refractivity contribution in [3.8, 4) is 28.4 Å². The molecule has 0 saturated carbocycles. The third-order valence-corrected chi connectivity index (χ3v) is 6.23. The standard InChI is InChI=1S/C34H30N4O3/c1-2-11-27-14-9-10-17-32(27)41-25-33(39)36-35-22-29-23-38(30-15-7-4-8-16-30)37-34(29)28-18-20-31(21-19-28)40-24-26-12-5-3-6-13-26/h2-10,12-23H,1,11,24-25H2,(H,36,39)/b35-22+. The highest BCUT2D eigenvalue weighted by Gasteiger charge is 2.12. The van der Waals surface area contributed by atoms with Crippen molar-refractivity contribution < 1.29 is 14.3 Å². The molecule has 0 spiro atoms. The van der Waals surface area contributed by atoms with Crippen molar-refractivity contribution in [3.05, 3.63) is 145 Å². The number of aromatic nitrogens is 2. The van der Waals surface area contributed by atoms with Crippen LogP contribution in [-0.4, -0.2) is 28.5 Å². The van der Waals surface area contributed by atoms with Crippen LogP contribution in [-0.2, 0) is 17.8 Å². The van der Waals surface area contributed by atoms with Crippen LogP contribution in [0.3, 0.4) is 0 Å². The summed E-state index contributed by atoms with van der Waals surface area (Å²) >= 11 is 0. The van der Waals surface area contributed by atoms with E-state index in [-0.39, 0.29) is 12.5 Å². The molecule has 5 rings (SSSR count). The van der Waals surface area contributed by atoms with Gasteiger partial charge in [0.15, 0.2) is 6.61 Å². The van der Waals surface area contributed by atoms with Crippen LogP contribution in [0.2, 0.25) is 0 Å². The van der Waals surface area contributed by atoms with E-state index in [2.05, 4.69) is 17.1 Å². The molecule has 0 saturated heterocycles. The van der Waals surface area contributed by atoms with Gasteiger partial charge in [-0.15, -0.1) is 6.58 Å². The van der Waals surface area contributed by atoms with Crippen molar-refractivity contribution >= 4 is 12.1 Å². The predicted molar refractivity (Wildman–Crippen MR) is 161 cm³/mol. The van der Waals surface area contributed by atoms with Crippen LogP contribution < -0.4 is 14.9 Å². The topological polar surface area (TPSA) is 77.7 Å². The van der Waals surface area contributed by atoms with Crippen molar-refractivity contribution in [2.24, 2.45) is 5.10 Å². The maximum atomic E-state index is 12.5. The van der Waals surface area contributed by atoms with Gasteiger partial charge in [-0.1, -0.05) is 72.8 Å². The molecule has 1 aromatic heterocycles. The third-order valence-electron chi connectivity index (χ3n) is 6.23. The fraction of sp³-hybridized carbons (Fsp3) is 0.0882. The molecule has 5 aromatic rings. The molecule has 7 heteroatoms. The molecule has 1 N–H and O–H groups in total. The Kier molecular flexibility index (Phi) is 8.99. The number of hydrazone groups is 1. The Balaban J connectivity index is 1.29. The van der Waals surface area contributed by atoms with Crippen molar-refractivity contribution in [3.63, 3.8) is 0 Å². The molecular formula is C34H30N4O3. The second-order valence-electron chi connectivity index (χ2n) is 9.19. The van der Waals surface area contributed by atoms with Gasteiger partial charge in [0.05, 0.1) is 11.9 Å². The number of hydrogen-bond acceptors (Lipinski definition) is 5. The molecule has 0 aliphatic heterocycles. The van der Waals surface area contributed by atoms with E-state index in [4.69, 9.17) is 14.6 Å². The molecule has 0 fully saturated rings. The SMILES string of the molecule is C=CCc1ccccc1OCC(=O)N/N=C/c1cn(-c2ccccc2)nc1-c1ccc(OCc2ccccc2)cc1. The van der Waals surface area contributed by atoms with Gasteiger partial charge in [-0.2, -0.15) is 10.2 Å². The summed E-state index contributed by atoms with van der Waals surface area (Å²) in [5.74, 6) is 1.04. The lowest BCUT2D eigenvalue weighted by molar-refractivity contribution is -0.123. The number of rotatable bonds is 12. The van der Waals surface area contributed by atoms with E-state index < -0.39 is 0 Å². The molecule has 0 radical (unpaired) electrons. The molecule has 0 aliphatic rings. The van der Waals surface area contributed by atoms with Crippen LogP contribution >= 0.6 is 0 Å². The van der Waals surface area contributed by atoms with Crippen LogP contribution in [0.5, 0.6) is 11.5 Å². The summed E-state index contributed by atoms with van der Waals surface area (Å²) in [7, 11) is 0.